The maximum Gasteiger partial charge on any atom is 0.240 e. The highest BCUT2D eigenvalue weighted by Crippen LogP contribution is 2.34. The van der Waals surface area contributed by atoms with Gasteiger partial charge in [0, 0.05) is 30.7 Å². The number of benzene rings is 1. The molecule has 6 nitrogen and oxygen atoms in total. The third-order valence-electron chi connectivity index (χ3n) is 5.01. The molecule has 132 valence electrons. The molecule has 1 heterocycles. The molecule has 0 bridgehead atoms. The number of carbonyl (C=O) groups is 1. The van der Waals surface area contributed by atoms with Crippen molar-refractivity contribution in [3.8, 4) is 0 Å². The highest BCUT2D eigenvalue weighted by Gasteiger charge is 2.31. The van der Waals surface area contributed by atoms with Crippen LogP contribution in [0.1, 0.15) is 45.1 Å². The number of hydrogen-bond donors (Lipinski definition) is 2. The Morgan fingerprint density at radius 3 is 2.54 bits per heavy atom. The molecule has 3 rings (SSSR count). The van der Waals surface area contributed by atoms with Gasteiger partial charge >= 0.3 is 0 Å². The summed E-state index contributed by atoms with van der Waals surface area (Å²) in [7, 11) is -3.55. The Morgan fingerprint density at radius 1 is 1.25 bits per heavy atom. The minimum absolute atomic E-state index is 0.0199. The first-order chi connectivity index (χ1) is 11.3. The van der Waals surface area contributed by atoms with E-state index in [-0.39, 0.29) is 28.9 Å². The van der Waals surface area contributed by atoms with Gasteiger partial charge in [0.25, 0.3) is 0 Å². The van der Waals surface area contributed by atoms with Crippen LogP contribution in [0.4, 0.5) is 5.69 Å². The van der Waals surface area contributed by atoms with Crippen LogP contribution in [0.5, 0.6) is 0 Å². The van der Waals surface area contributed by atoms with Crippen LogP contribution in [0.3, 0.4) is 0 Å². The van der Waals surface area contributed by atoms with Gasteiger partial charge in [-0.05, 0) is 62.8 Å². The molecule has 1 aliphatic heterocycles. The molecule has 1 aromatic rings. The first-order valence-corrected chi connectivity index (χ1v) is 9.97. The smallest absolute Gasteiger partial charge is 0.240 e. The zero-order valence-electron chi connectivity index (χ0n) is 14.2. The van der Waals surface area contributed by atoms with Crippen molar-refractivity contribution in [3.05, 3.63) is 23.8 Å². The Hall–Kier alpha value is -1.44. The molecule has 2 aliphatic rings. The molecule has 1 saturated carbocycles. The van der Waals surface area contributed by atoms with Crippen molar-refractivity contribution in [1.29, 1.82) is 0 Å². The van der Waals surface area contributed by atoms with E-state index in [1.165, 1.54) is 6.92 Å². The molecule has 1 fully saturated rings. The first-order valence-electron chi connectivity index (χ1n) is 8.48. The summed E-state index contributed by atoms with van der Waals surface area (Å²) in [5.41, 5.74) is 7.60. The average molecular weight is 351 g/mol. The lowest BCUT2D eigenvalue weighted by molar-refractivity contribution is -0.116. The second kappa shape index (κ2) is 6.46. The van der Waals surface area contributed by atoms with Crippen molar-refractivity contribution >= 4 is 21.6 Å². The molecule has 1 atom stereocenters. The largest absolute Gasteiger partial charge is 0.328 e. The van der Waals surface area contributed by atoms with Crippen molar-refractivity contribution in [2.24, 2.45) is 5.73 Å². The van der Waals surface area contributed by atoms with Crippen LogP contribution in [0, 0.1) is 0 Å². The van der Waals surface area contributed by atoms with Gasteiger partial charge in [0.15, 0.2) is 0 Å². The summed E-state index contributed by atoms with van der Waals surface area (Å²) in [6.45, 7) is 3.50. The second-order valence-corrected chi connectivity index (χ2v) is 8.68. The Kier molecular flexibility index (Phi) is 4.68. The summed E-state index contributed by atoms with van der Waals surface area (Å²) < 4.78 is 28.1. The molecule has 0 spiro atoms. The second-order valence-electron chi connectivity index (χ2n) is 6.97. The van der Waals surface area contributed by atoms with Crippen molar-refractivity contribution in [2.75, 3.05) is 4.90 Å². The number of nitrogens with zero attached hydrogens (tertiary/aromatic N) is 1. The molecule has 0 saturated heterocycles. The fourth-order valence-corrected chi connectivity index (χ4v) is 5.13. The molecule has 7 heteroatoms. The minimum atomic E-state index is -3.55. The Balaban J connectivity index is 1.80. The Morgan fingerprint density at radius 2 is 1.92 bits per heavy atom. The van der Waals surface area contributed by atoms with Crippen molar-refractivity contribution < 1.29 is 13.2 Å². The summed E-state index contributed by atoms with van der Waals surface area (Å²) in [4.78, 5) is 13.8. The van der Waals surface area contributed by atoms with Crippen LogP contribution in [-0.4, -0.2) is 32.5 Å². The Labute approximate surface area is 143 Å². The number of sulfonamides is 1. The number of nitrogens with one attached hydrogen (secondary N) is 1. The monoisotopic (exact) mass is 351 g/mol. The predicted molar refractivity (Wildman–Crippen MR) is 93.3 cm³/mol. The van der Waals surface area contributed by atoms with Gasteiger partial charge in [-0.1, -0.05) is 0 Å². The maximum absolute atomic E-state index is 12.7. The molecule has 1 aliphatic carbocycles. The zero-order valence-corrected chi connectivity index (χ0v) is 15.0. The third kappa shape index (κ3) is 3.34. The molecule has 1 unspecified atom stereocenters. The van der Waals surface area contributed by atoms with Crippen LogP contribution < -0.4 is 15.4 Å². The van der Waals surface area contributed by atoms with E-state index in [0.717, 1.165) is 36.9 Å². The maximum atomic E-state index is 12.7. The van der Waals surface area contributed by atoms with Crippen LogP contribution in [0.25, 0.3) is 0 Å². The molecular formula is C17H25N3O3S. The summed E-state index contributed by atoms with van der Waals surface area (Å²) in [6, 6.07) is 5.23. The van der Waals surface area contributed by atoms with Gasteiger partial charge in [0.05, 0.1) is 4.90 Å². The molecule has 24 heavy (non-hydrogen) atoms. The van der Waals surface area contributed by atoms with Gasteiger partial charge in [-0.25, -0.2) is 13.1 Å². The third-order valence-corrected chi connectivity index (χ3v) is 6.53. The fourth-order valence-electron chi connectivity index (χ4n) is 3.78. The van der Waals surface area contributed by atoms with E-state index in [1.54, 1.807) is 23.1 Å². The molecule has 1 amide bonds. The zero-order chi connectivity index (χ0) is 17.5. The van der Waals surface area contributed by atoms with E-state index < -0.39 is 10.0 Å². The molecular weight excluding hydrogens is 326 g/mol. The number of amides is 1. The van der Waals surface area contributed by atoms with Crippen molar-refractivity contribution in [3.63, 3.8) is 0 Å². The van der Waals surface area contributed by atoms with Crippen molar-refractivity contribution in [2.45, 2.75) is 69.0 Å². The van der Waals surface area contributed by atoms with E-state index >= 15 is 0 Å². The SMILES string of the molecule is CC(=O)N1c2ccc(S(=O)(=O)NC3CCC(N)CC3)cc2CC1C. The van der Waals surface area contributed by atoms with Crippen molar-refractivity contribution in [1.82, 2.24) is 4.72 Å². The van der Waals surface area contributed by atoms with E-state index in [1.807, 2.05) is 6.92 Å². The van der Waals surface area contributed by atoms with Crippen LogP contribution >= 0.6 is 0 Å². The lowest BCUT2D eigenvalue weighted by Gasteiger charge is -2.26. The highest BCUT2D eigenvalue weighted by atomic mass is 32.2. The number of fused-ring (bicyclic) bond motifs is 1. The van der Waals surface area contributed by atoms with E-state index in [9.17, 15) is 13.2 Å². The van der Waals surface area contributed by atoms with Gasteiger partial charge in [-0.15, -0.1) is 0 Å². The molecule has 3 N–H and O–H groups in total. The van der Waals surface area contributed by atoms with Gasteiger partial charge in [-0.2, -0.15) is 0 Å². The van der Waals surface area contributed by atoms with E-state index in [0.29, 0.717) is 6.42 Å². The molecule has 0 aromatic heterocycles. The lowest BCUT2D eigenvalue weighted by Crippen LogP contribution is -2.40. The summed E-state index contributed by atoms with van der Waals surface area (Å²) in [5.74, 6) is -0.0199. The number of nitrogens with two attached hydrogens (primary N) is 1. The summed E-state index contributed by atoms with van der Waals surface area (Å²) in [5, 5.41) is 0. The lowest BCUT2D eigenvalue weighted by atomic mass is 9.93. The topological polar surface area (TPSA) is 92.5 Å². The Bertz CT molecular complexity index is 739. The van der Waals surface area contributed by atoms with Gasteiger partial charge < -0.3 is 10.6 Å². The molecule has 0 radical (unpaired) electrons. The number of anilines is 1. The first kappa shape index (κ1) is 17.4. The minimum Gasteiger partial charge on any atom is -0.328 e. The van der Waals surface area contributed by atoms with Crippen LogP contribution in [0.2, 0.25) is 0 Å². The van der Waals surface area contributed by atoms with E-state index in [2.05, 4.69) is 4.72 Å². The standard InChI is InChI=1S/C17H25N3O3S/c1-11-9-13-10-16(7-8-17(13)20(11)12(2)21)24(22,23)19-15-5-3-14(18)4-6-15/h7-8,10-11,14-15,19H,3-6,9,18H2,1-2H3. The van der Waals surface area contributed by atoms with Gasteiger partial charge in [0.2, 0.25) is 15.9 Å². The van der Waals surface area contributed by atoms with Crippen LogP contribution in [-0.2, 0) is 21.2 Å². The average Bonchev–Trinajstić information content (AvgIpc) is 2.84. The number of carbonyl (C=O) groups excluding carboxylic acids is 1. The summed E-state index contributed by atoms with van der Waals surface area (Å²) >= 11 is 0. The fraction of sp³-hybridized carbons (Fsp3) is 0.588. The van der Waals surface area contributed by atoms with Gasteiger partial charge in [0.1, 0.15) is 0 Å². The van der Waals surface area contributed by atoms with Gasteiger partial charge in [-0.3, -0.25) is 4.79 Å². The summed E-state index contributed by atoms with van der Waals surface area (Å²) in [6.07, 6.45) is 3.93. The van der Waals surface area contributed by atoms with Crippen LogP contribution in [0.15, 0.2) is 23.1 Å². The predicted octanol–water partition coefficient (Wildman–Crippen LogP) is 1.53. The quantitative estimate of drug-likeness (QED) is 0.864. The normalized spacial score (nSPS) is 27.1. The molecule has 1 aromatic carbocycles. The highest BCUT2D eigenvalue weighted by molar-refractivity contribution is 7.89. The van der Waals surface area contributed by atoms with E-state index in [4.69, 9.17) is 5.73 Å². The number of rotatable bonds is 3. The number of hydrogen-bond acceptors (Lipinski definition) is 4.